The van der Waals surface area contributed by atoms with E-state index in [4.69, 9.17) is 9.47 Å². The molecule has 0 aliphatic heterocycles. The number of aromatic nitrogens is 5. The van der Waals surface area contributed by atoms with Crippen LogP contribution in [-0.2, 0) is 24.7 Å². The van der Waals surface area contributed by atoms with Crippen molar-refractivity contribution in [2.45, 2.75) is 104 Å². The maximum atomic E-state index is 14.0. The Morgan fingerprint density at radius 3 is 2.09 bits per heavy atom. The number of nitrogens with zero attached hydrogens (tertiary/aromatic N) is 6. The van der Waals surface area contributed by atoms with E-state index in [9.17, 15) is 22.0 Å². The fourth-order valence-corrected chi connectivity index (χ4v) is 6.50. The Morgan fingerprint density at radius 2 is 1.50 bits per heavy atom. The van der Waals surface area contributed by atoms with Gasteiger partial charge in [0.1, 0.15) is 17.2 Å². The maximum Gasteiger partial charge on any atom is 0.433 e. The summed E-state index contributed by atoms with van der Waals surface area (Å²) in [6.07, 6.45) is 13.8. The van der Waals surface area contributed by atoms with Crippen molar-refractivity contribution in [3.05, 3.63) is 107 Å². The van der Waals surface area contributed by atoms with Crippen LogP contribution in [0.15, 0.2) is 83.5 Å². The van der Waals surface area contributed by atoms with Crippen LogP contribution >= 0.6 is 9.24 Å². The van der Waals surface area contributed by atoms with Gasteiger partial charge in [-0.05, 0) is 117 Å². The van der Waals surface area contributed by atoms with Crippen molar-refractivity contribution in [1.29, 1.82) is 0 Å². The average Bonchev–Trinajstić information content (AvgIpc) is 4.13. The number of rotatable bonds is 15. The molecule has 0 saturated heterocycles. The van der Waals surface area contributed by atoms with Crippen LogP contribution in [0.2, 0.25) is 0 Å². The van der Waals surface area contributed by atoms with Gasteiger partial charge in [-0.2, -0.15) is 22.0 Å². The van der Waals surface area contributed by atoms with Crippen LogP contribution in [0.3, 0.4) is 0 Å². The molecule has 2 fully saturated rings. The normalized spacial score (nSPS) is 15.2. The van der Waals surface area contributed by atoms with Crippen LogP contribution in [-0.4, -0.2) is 31.1 Å². The van der Waals surface area contributed by atoms with E-state index in [0.717, 1.165) is 55.7 Å². The van der Waals surface area contributed by atoms with Gasteiger partial charge in [-0.25, -0.2) is 29.9 Å². The highest BCUT2D eigenvalue weighted by molar-refractivity contribution is 7.17. The quantitative estimate of drug-likeness (QED) is 0.0449. The van der Waals surface area contributed by atoms with Gasteiger partial charge < -0.3 is 9.47 Å². The molecular weight excluding hydrogens is 770 g/mol. The van der Waals surface area contributed by atoms with Gasteiger partial charge in [0.25, 0.3) is 0 Å². The lowest BCUT2D eigenvalue weighted by molar-refractivity contribution is -0.141. The summed E-state index contributed by atoms with van der Waals surface area (Å²) >= 11 is 0. The molecule has 0 spiro atoms. The van der Waals surface area contributed by atoms with E-state index in [0.29, 0.717) is 69.6 Å². The van der Waals surface area contributed by atoms with E-state index >= 15 is 0 Å². The molecular formula is C44H48F5N6O2P. The summed E-state index contributed by atoms with van der Waals surface area (Å²) in [7, 11) is 1.53. The van der Waals surface area contributed by atoms with Gasteiger partial charge in [-0.3, -0.25) is 0 Å². The molecule has 3 heterocycles. The molecule has 0 N–H and O–H groups in total. The molecule has 1 unspecified atom stereocenters. The number of ether oxygens (including phenoxy) is 2. The SMILES string of the molecule is C\C=C(/C=N\C(=C\CC)Oc1cccc2nc(C(F)(F)P)nc(CCC3CC3)c12)CC.Cc1cnc(Oc2cccc3nc(C(F)(F)F)cc(CCC4CC4)c23)nc1. The molecule has 3 aromatic heterocycles. The van der Waals surface area contributed by atoms with Crippen molar-refractivity contribution in [2.75, 3.05) is 0 Å². The molecule has 0 amide bonds. The van der Waals surface area contributed by atoms with Crippen LogP contribution in [0.5, 0.6) is 17.5 Å². The number of pyridine rings is 1. The zero-order valence-electron chi connectivity index (χ0n) is 33.1. The molecule has 0 bridgehead atoms. The Kier molecular flexibility index (Phi) is 13.8. The third-order valence-corrected chi connectivity index (χ3v) is 10.2. The molecule has 58 heavy (non-hydrogen) atoms. The van der Waals surface area contributed by atoms with Gasteiger partial charge in [-0.15, -0.1) is 0 Å². The Labute approximate surface area is 337 Å². The van der Waals surface area contributed by atoms with Crippen molar-refractivity contribution in [1.82, 2.24) is 24.9 Å². The van der Waals surface area contributed by atoms with Crippen LogP contribution in [0.25, 0.3) is 21.8 Å². The number of halogens is 5. The van der Waals surface area contributed by atoms with E-state index in [1.165, 1.54) is 22.1 Å². The molecule has 5 aromatic rings. The first-order chi connectivity index (χ1) is 27.7. The lowest BCUT2D eigenvalue weighted by Crippen LogP contribution is -2.12. The summed E-state index contributed by atoms with van der Waals surface area (Å²) in [5, 5.41) is 1.27. The summed E-state index contributed by atoms with van der Waals surface area (Å²) < 4.78 is 79.8. The number of benzene rings is 2. The monoisotopic (exact) mass is 818 g/mol. The molecule has 2 aromatic carbocycles. The largest absolute Gasteiger partial charge is 0.439 e. The predicted molar refractivity (Wildman–Crippen MR) is 220 cm³/mol. The number of hydrogen-bond acceptors (Lipinski definition) is 8. The first-order valence-electron chi connectivity index (χ1n) is 19.8. The molecule has 2 saturated carbocycles. The Bertz CT molecular complexity index is 2300. The highest BCUT2D eigenvalue weighted by atomic mass is 31.0. The van der Waals surface area contributed by atoms with Crippen molar-refractivity contribution in [3.63, 3.8) is 0 Å². The zero-order chi connectivity index (χ0) is 41.5. The molecule has 2 aliphatic carbocycles. The van der Waals surface area contributed by atoms with Gasteiger partial charge in [0.05, 0.1) is 22.1 Å². The molecule has 14 heteroatoms. The van der Waals surface area contributed by atoms with Crippen LogP contribution < -0.4 is 9.47 Å². The van der Waals surface area contributed by atoms with Crippen LogP contribution in [0, 0.1) is 18.8 Å². The fourth-order valence-electron chi connectivity index (χ4n) is 6.37. The highest BCUT2D eigenvalue weighted by Gasteiger charge is 2.34. The van der Waals surface area contributed by atoms with Gasteiger partial charge in [0, 0.05) is 24.0 Å². The standard InChI is InChI=1S/C24H30F2N3OP.C20H18F3N3O/c1-4-8-21(27-15-16(5-2)6-3)30-20-10-7-9-18-22(20)19(14-13-17-11-12-17)29-23(28-18)24(25,26)31;1-12-10-24-19(25-11-12)27-16-4-2-3-15-18(16)14(8-7-13-5-6-13)9-17(26-15)20(21,22)23/h5,7-10,15,17H,4,6,11-14,31H2,1-3H3;2-4,9-11,13H,5-8H2,1H3/b16-5-,21-8-,27-15-;. The molecule has 8 nitrogen and oxygen atoms in total. The highest BCUT2D eigenvalue weighted by Crippen LogP contribution is 2.40. The number of allylic oxidation sites excluding steroid dienone is 3. The average molecular weight is 819 g/mol. The summed E-state index contributed by atoms with van der Waals surface area (Å²) in [4.78, 5) is 25.0. The van der Waals surface area contributed by atoms with Gasteiger partial charge in [0.2, 0.25) is 11.7 Å². The zero-order valence-corrected chi connectivity index (χ0v) is 34.3. The third kappa shape index (κ3) is 11.6. The van der Waals surface area contributed by atoms with Crippen molar-refractivity contribution >= 4 is 37.3 Å². The van der Waals surface area contributed by atoms with Crippen molar-refractivity contribution < 1.29 is 31.4 Å². The minimum Gasteiger partial charge on any atom is -0.439 e. The Balaban J connectivity index is 0.000000197. The first-order valence-corrected chi connectivity index (χ1v) is 20.3. The summed E-state index contributed by atoms with van der Waals surface area (Å²) in [6, 6.07) is 11.5. The van der Waals surface area contributed by atoms with Gasteiger partial charge in [0.15, 0.2) is 0 Å². The third-order valence-electron chi connectivity index (χ3n) is 9.92. The second kappa shape index (κ2) is 18.8. The van der Waals surface area contributed by atoms with Crippen molar-refractivity contribution in [3.8, 4) is 17.5 Å². The minimum absolute atomic E-state index is 0.154. The smallest absolute Gasteiger partial charge is 0.433 e. The molecule has 0 radical (unpaired) electrons. The number of alkyl halides is 5. The van der Waals surface area contributed by atoms with E-state index in [2.05, 4.69) is 36.8 Å². The first kappa shape index (κ1) is 42.7. The maximum absolute atomic E-state index is 14.0. The molecule has 2 aliphatic rings. The van der Waals surface area contributed by atoms with Gasteiger partial charge in [-0.1, -0.05) is 67.0 Å². The van der Waals surface area contributed by atoms with E-state index in [1.807, 2.05) is 39.0 Å². The molecule has 306 valence electrons. The van der Waals surface area contributed by atoms with Crippen molar-refractivity contribution in [2.24, 2.45) is 16.8 Å². The Hall–Kier alpha value is -4.90. The number of fused-ring (bicyclic) bond motifs is 2. The lowest BCUT2D eigenvalue weighted by Gasteiger charge is -2.15. The second-order valence-corrected chi connectivity index (χ2v) is 15.4. The fraction of sp³-hybridized carbons (Fsp3) is 0.409. The molecule has 1 atom stereocenters. The van der Waals surface area contributed by atoms with Crippen LogP contribution in [0.1, 0.15) is 100 Å². The predicted octanol–water partition coefficient (Wildman–Crippen LogP) is 12.4. The summed E-state index contributed by atoms with van der Waals surface area (Å²) in [5.74, 6) is 2.22. The van der Waals surface area contributed by atoms with E-state index in [-0.39, 0.29) is 11.5 Å². The Morgan fingerprint density at radius 1 is 0.862 bits per heavy atom. The van der Waals surface area contributed by atoms with Gasteiger partial charge >= 0.3 is 17.9 Å². The summed E-state index contributed by atoms with van der Waals surface area (Å²) in [6.45, 7) is 7.91. The van der Waals surface area contributed by atoms with E-state index < -0.39 is 23.4 Å². The number of aliphatic imine (C=N–C) groups is 1. The number of hydrogen-bond donors (Lipinski definition) is 0. The molecule has 7 rings (SSSR count). The second-order valence-electron chi connectivity index (χ2n) is 14.7. The minimum atomic E-state index is -4.49. The lowest BCUT2D eigenvalue weighted by atomic mass is 10.0. The topological polar surface area (TPSA) is 95.3 Å². The van der Waals surface area contributed by atoms with Crippen LogP contribution in [0.4, 0.5) is 22.0 Å². The van der Waals surface area contributed by atoms with E-state index in [1.54, 1.807) is 48.9 Å². The number of aryl methyl sites for hydroxylation is 3. The summed E-state index contributed by atoms with van der Waals surface area (Å²) in [5.41, 5.74) is -0.136.